The number of hydrogen-bond donors (Lipinski definition) is 2. The van der Waals surface area contributed by atoms with Crippen LogP contribution in [0.15, 0.2) is 42.6 Å². The highest BCUT2D eigenvalue weighted by Crippen LogP contribution is 2.51. The van der Waals surface area contributed by atoms with Crippen LogP contribution in [0.25, 0.3) is 0 Å². The van der Waals surface area contributed by atoms with Crippen LogP contribution in [0.1, 0.15) is 30.5 Å². The van der Waals surface area contributed by atoms with E-state index in [9.17, 15) is 0 Å². The quantitative estimate of drug-likeness (QED) is 0.877. The van der Waals surface area contributed by atoms with Gasteiger partial charge in [0.25, 0.3) is 0 Å². The van der Waals surface area contributed by atoms with Gasteiger partial charge in [-0.1, -0.05) is 30.3 Å². The van der Waals surface area contributed by atoms with Crippen molar-refractivity contribution in [2.45, 2.75) is 31.3 Å². The van der Waals surface area contributed by atoms with Crippen molar-refractivity contribution in [3.05, 3.63) is 53.9 Å². The lowest BCUT2D eigenvalue weighted by Crippen LogP contribution is -2.29. The molecule has 1 fully saturated rings. The van der Waals surface area contributed by atoms with E-state index in [4.69, 9.17) is 5.73 Å². The fourth-order valence-corrected chi connectivity index (χ4v) is 2.54. The summed E-state index contributed by atoms with van der Waals surface area (Å²) in [5, 5.41) is 3.58. The van der Waals surface area contributed by atoms with E-state index >= 15 is 0 Å². The van der Waals surface area contributed by atoms with Crippen LogP contribution in [0.4, 0.5) is 5.95 Å². The highest BCUT2D eigenvalue weighted by Gasteiger charge is 2.50. The number of nitrogens with one attached hydrogen (secondary N) is 1. The van der Waals surface area contributed by atoms with Crippen LogP contribution in [0, 0.1) is 0 Å². The zero-order valence-corrected chi connectivity index (χ0v) is 11.0. The first kappa shape index (κ1) is 12.1. The molecular weight excluding hydrogens is 236 g/mol. The first-order valence-corrected chi connectivity index (χ1v) is 6.55. The molecule has 4 nitrogen and oxygen atoms in total. The van der Waals surface area contributed by atoms with Gasteiger partial charge in [0, 0.05) is 24.2 Å². The number of nitrogens with two attached hydrogens (primary N) is 1. The summed E-state index contributed by atoms with van der Waals surface area (Å²) in [7, 11) is 0. The Morgan fingerprint density at radius 1 is 1.32 bits per heavy atom. The number of nitrogens with zero attached hydrogens (tertiary/aromatic N) is 2. The van der Waals surface area contributed by atoms with Gasteiger partial charge < -0.3 is 11.1 Å². The van der Waals surface area contributed by atoms with Gasteiger partial charge in [-0.25, -0.2) is 9.97 Å². The number of nitrogen functional groups attached to an aromatic ring is 1. The summed E-state index contributed by atoms with van der Waals surface area (Å²) in [5.41, 5.74) is 8.09. The van der Waals surface area contributed by atoms with Crippen LogP contribution >= 0.6 is 0 Å². The van der Waals surface area contributed by atoms with E-state index in [1.165, 1.54) is 5.56 Å². The molecule has 0 saturated heterocycles. The summed E-state index contributed by atoms with van der Waals surface area (Å²) in [6.07, 6.45) is 2.86. The maximum atomic E-state index is 5.58. The second kappa shape index (κ2) is 4.63. The summed E-state index contributed by atoms with van der Waals surface area (Å²) < 4.78 is 0. The molecule has 2 unspecified atom stereocenters. The fraction of sp³-hybridized carbons (Fsp3) is 0.333. The van der Waals surface area contributed by atoms with Crippen LogP contribution in [-0.4, -0.2) is 15.5 Å². The minimum Gasteiger partial charge on any atom is -0.368 e. The van der Waals surface area contributed by atoms with E-state index in [-0.39, 0.29) is 5.54 Å². The van der Waals surface area contributed by atoms with Gasteiger partial charge in [0.05, 0.1) is 5.69 Å². The van der Waals surface area contributed by atoms with Gasteiger partial charge >= 0.3 is 0 Å². The third-order valence-corrected chi connectivity index (χ3v) is 3.84. The minimum absolute atomic E-state index is 0.168. The molecular formula is C15H18N4. The Bertz CT molecular complexity index is 569. The average molecular weight is 254 g/mol. The van der Waals surface area contributed by atoms with Crippen molar-refractivity contribution in [3.63, 3.8) is 0 Å². The van der Waals surface area contributed by atoms with Crippen molar-refractivity contribution < 1.29 is 0 Å². The zero-order chi connectivity index (χ0) is 13.3. The van der Waals surface area contributed by atoms with E-state index in [1.54, 1.807) is 6.20 Å². The predicted molar refractivity (Wildman–Crippen MR) is 75.5 cm³/mol. The highest BCUT2D eigenvalue weighted by atomic mass is 15.1. The summed E-state index contributed by atoms with van der Waals surface area (Å²) in [5.74, 6) is 0.924. The molecule has 1 aromatic carbocycles. The summed E-state index contributed by atoms with van der Waals surface area (Å²) in [6, 6.07) is 12.5. The normalized spacial score (nSPS) is 25.2. The first-order valence-electron chi connectivity index (χ1n) is 6.55. The van der Waals surface area contributed by atoms with Gasteiger partial charge in [-0.05, 0) is 25.0 Å². The third kappa shape index (κ3) is 2.58. The predicted octanol–water partition coefficient (Wildman–Crippen LogP) is 2.09. The van der Waals surface area contributed by atoms with E-state index < -0.39 is 0 Å². The Hall–Kier alpha value is -1.94. The molecule has 1 aliphatic rings. The van der Waals surface area contributed by atoms with E-state index in [0.717, 1.165) is 18.7 Å². The van der Waals surface area contributed by atoms with Crippen molar-refractivity contribution in [3.8, 4) is 0 Å². The number of rotatable bonds is 4. The molecule has 2 aromatic rings. The topological polar surface area (TPSA) is 63.8 Å². The molecule has 3 rings (SSSR count). The Balaban J connectivity index is 1.63. The molecule has 3 N–H and O–H groups in total. The lowest BCUT2D eigenvalue weighted by molar-refractivity contribution is 0.516. The number of anilines is 1. The molecule has 2 atom stereocenters. The number of benzene rings is 1. The van der Waals surface area contributed by atoms with E-state index in [2.05, 4.69) is 52.5 Å². The lowest BCUT2D eigenvalue weighted by atomic mass is 10.1. The molecule has 0 amide bonds. The molecule has 4 heteroatoms. The van der Waals surface area contributed by atoms with Gasteiger partial charge in [0.2, 0.25) is 5.95 Å². The summed E-state index contributed by atoms with van der Waals surface area (Å²) in [4.78, 5) is 8.11. The monoisotopic (exact) mass is 254 g/mol. The van der Waals surface area contributed by atoms with Gasteiger partial charge in [-0.3, -0.25) is 0 Å². The lowest BCUT2D eigenvalue weighted by Gasteiger charge is -2.14. The summed E-state index contributed by atoms with van der Waals surface area (Å²) >= 11 is 0. The third-order valence-electron chi connectivity index (χ3n) is 3.84. The van der Waals surface area contributed by atoms with Crippen LogP contribution in [-0.2, 0) is 6.54 Å². The van der Waals surface area contributed by atoms with Crippen LogP contribution in [0.2, 0.25) is 0 Å². The second-order valence-electron chi connectivity index (χ2n) is 5.34. The van der Waals surface area contributed by atoms with Crippen molar-refractivity contribution >= 4 is 5.95 Å². The summed E-state index contributed by atoms with van der Waals surface area (Å²) in [6.45, 7) is 2.99. The Labute approximate surface area is 113 Å². The van der Waals surface area contributed by atoms with Crippen molar-refractivity contribution in [2.24, 2.45) is 0 Å². The van der Waals surface area contributed by atoms with Gasteiger partial charge in [0.1, 0.15) is 0 Å². The highest BCUT2D eigenvalue weighted by molar-refractivity contribution is 5.32. The van der Waals surface area contributed by atoms with Gasteiger partial charge in [-0.15, -0.1) is 0 Å². The Morgan fingerprint density at radius 2 is 2.11 bits per heavy atom. The largest absolute Gasteiger partial charge is 0.368 e. The first-order chi connectivity index (χ1) is 9.17. The number of hydrogen-bond acceptors (Lipinski definition) is 4. The molecule has 1 aliphatic carbocycles. The molecule has 98 valence electrons. The standard InChI is InChI=1S/C15H18N4/c1-15(9-13(15)11-5-3-2-4-6-11)18-10-12-7-8-17-14(16)19-12/h2-8,13,18H,9-10H2,1H3,(H2,16,17,19). The van der Waals surface area contributed by atoms with Crippen LogP contribution < -0.4 is 11.1 Å². The molecule has 19 heavy (non-hydrogen) atoms. The molecule has 1 aromatic heterocycles. The second-order valence-corrected chi connectivity index (χ2v) is 5.34. The van der Waals surface area contributed by atoms with Crippen LogP contribution in [0.3, 0.4) is 0 Å². The molecule has 0 radical (unpaired) electrons. The fourth-order valence-electron chi connectivity index (χ4n) is 2.54. The minimum atomic E-state index is 0.168. The molecule has 0 spiro atoms. The van der Waals surface area contributed by atoms with Crippen molar-refractivity contribution in [1.29, 1.82) is 0 Å². The van der Waals surface area contributed by atoms with Crippen LogP contribution in [0.5, 0.6) is 0 Å². The van der Waals surface area contributed by atoms with Gasteiger partial charge in [0.15, 0.2) is 0 Å². The zero-order valence-electron chi connectivity index (χ0n) is 11.0. The molecule has 1 saturated carbocycles. The van der Waals surface area contributed by atoms with Crippen molar-refractivity contribution in [2.75, 3.05) is 5.73 Å². The average Bonchev–Trinajstić information content (AvgIpc) is 3.11. The Morgan fingerprint density at radius 3 is 2.84 bits per heavy atom. The smallest absolute Gasteiger partial charge is 0.220 e. The Kier molecular flexibility index (Phi) is 2.95. The molecule has 0 bridgehead atoms. The molecule has 1 heterocycles. The maximum absolute atomic E-state index is 5.58. The number of aromatic nitrogens is 2. The SMILES string of the molecule is CC1(NCc2ccnc(N)n2)CC1c1ccccc1. The van der Waals surface area contributed by atoms with Gasteiger partial charge in [-0.2, -0.15) is 0 Å². The van der Waals surface area contributed by atoms with Crippen molar-refractivity contribution in [1.82, 2.24) is 15.3 Å². The van der Waals surface area contributed by atoms with E-state index in [0.29, 0.717) is 11.9 Å². The van der Waals surface area contributed by atoms with E-state index in [1.807, 2.05) is 6.07 Å². The molecule has 0 aliphatic heterocycles. The maximum Gasteiger partial charge on any atom is 0.220 e.